The lowest BCUT2D eigenvalue weighted by molar-refractivity contribution is 0.251. The Hall–Kier alpha value is -0.420. The highest BCUT2D eigenvalue weighted by molar-refractivity contribution is 9.10. The number of hydrogen-bond acceptors (Lipinski definition) is 3. The number of benzene rings is 1. The molecule has 1 fully saturated rings. The van der Waals surface area contributed by atoms with E-state index in [0.717, 1.165) is 10.9 Å². The minimum Gasteiger partial charge on any atom is -0.395 e. The molecule has 1 aromatic carbocycles. The van der Waals surface area contributed by atoms with Crippen LogP contribution in [0.1, 0.15) is 18.0 Å². The van der Waals surface area contributed by atoms with Gasteiger partial charge in [0, 0.05) is 16.6 Å². The molecular weight excluding hydrogens is 244 g/mol. The van der Waals surface area contributed by atoms with Crippen LogP contribution < -0.4 is 10.9 Å². The van der Waals surface area contributed by atoms with Gasteiger partial charge in [-0.1, -0.05) is 34.1 Å². The molecule has 2 atom stereocenters. The largest absolute Gasteiger partial charge is 0.395 e. The van der Waals surface area contributed by atoms with Crippen molar-refractivity contribution in [3.63, 3.8) is 0 Å². The molecule has 3 N–H and O–H groups in total. The van der Waals surface area contributed by atoms with Crippen molar-refractivity contribution in [1.82, 2.24) is 10.9 Å². The summed E-state index contributed by atoms with van der Waals surface area (Å²) in [7, 11) is 0. The predicted molar refractivity (Wildman–Crippen MR) is 58.6 cm³/mol. The third-order valence-corrected chi connectivity index (χ3v) is 3.21. The maximum atomic E-state index is 8.99. The van der Waals surface area contributed by atoms with E-state index < -0.39 is 0 Å². The van der Waals surface area contributed by atoms with Crippen molar-refractivity contribution in [2.45, 2.75) is 18.5 Å². The molecule has 1 aliphatic heterocycles. The van der Waals surface area contributed by atoms with E-state index in [-0.39, 0.29) is 18.7 Å². The van der Waals surface area contributed by atoms with Gasteiger partial charge in [-0.2, -0.15) is 0 Å². The Bertz CT molecular complexity index is 319. The predicted octanol–water partition coefficient (Wildman–Crippen LogP) is 1.35. The molecular formula is C10H13BrN2O. The van der Waals surface area contributed by atoms with E-state index in [9.17, 15) is 0 Å². The van der Waals surface area contributed by atoms with Crippen LogP contribution >= 0.6 is 15.9 Å². The average molecular weight is 257 g/mol. The highest BCUT2D eigenvalue weighted by Crippen LogP contribution is 2.28. The summed E-state index contributed by atoms with van der Waals surface area (Å²) in [5.41, 5.74) is 7.47. The summed E-state index contributed by atoms with van der Waals surface area (Å²) in [4.78, 5) is 0. The third kappa shape index (κ3) is 1.98. The van der Waals surface area contributed by atoms with E-state index in [1.165, 1.54) is 5.56 Å². The van der Waals surface area contributed by atoms with Gasteiger partial charge in [0.15, 0.2) is 0 Å². The number of hydrazine groups is 1. The first kappa shape index (κ1) is 10.1. The van der Waals surface area contributed by atoms with Gasteiger partial charge in [-0.25, -0.2) is 5.43 Å². The van der Waals surface area contributed by atoms with E-state index in [1.807, 2.05) is 18.2 Å². The number of nitrogens with one attached hydrogen (secondary N) is 2. The molecule has 0 bridgehead atoms. The summed E-state index contributed by atoms with van der Waals surface area (Å²) in [5.74, 6) is 0. The minimum atomic E-state index is 0.159. The van der Waals surface area contributed by atoms with Crippen LogP contribution in [-0.2, 0) is 0 Å². The first-order valence-corrected chi connectivity index (χ1v) is 5.47. The normalized spacial score (nSPS) is 26.7. The lowest BCUT2D eigenvalue weighted by Crippen LogP contribution is -2.32. The van der Waals surface area contributed by atoms with Crippen LogP contribution in [0.5, 0.6) is 0 Å². The van der Waals surface area contributed by atoms with Crippen molar-refractivity contribution in [1.29, 1.82) is 0 Å². The van der Waals surface area contributed by atoms with Crippen LogP contribution in [0.3, 0.4) is 0 Å². The number of hydrogen-bond donors (Lipinski definition) is 3. The number of aliphatic hydroxyl groups is 1. The van der Waals surface area contributed by atoms with Crippen LogP contribution in [0.4, 0.5) is 0 Å². The Morgan fingerprint density at radius 3 is 2.79 bits per heavy atom. The number of rotatable bonds is 2. The molecule has 76 valence electrons. The molecule has 1 aromatic rings. The minimum absolute atomic E-state index is 0.159. The second-order valence-electron chi connectivity index (χ2n) is 3.48. The highest BCUT2D eigenvalue weighted by Gasteiger charge is 2.25. The van der Waals surface area contributed by atoms with Crippen molar-refractivity contribution in [3.8, 4) is 0 Å². The molecule has 0 spiro atoms. The first-order valence-electron chi connectivity index (χ1n) is 4.67. The second kappa shape index (κ2) is 4.40. The average Bonchev–Trinajstić information content (AvgIpc) is 2.67. The van der Waals surface area contributed by atoms with Gasteiger partial charge in [0.2, 0.25) is 0 Å². The molecule has 14 heavy (non-hydrogen) atoms. The van der Waals surface area contributed by atoms with Crippen molar-refractivity contribution >= 4 is 15.9 Å². The van der Waals surface area contributed by atoms with Crippen LogP contribution in [0.2, 0.25) is 0 Å². The Balaban J connectivity index is 2.13. The molecule has 0 aliphatic carbocycles. The fraction of sp³-hybridized carbons (Fsp3) is 0.400. The summed E-state index contributed by atoms with van der Waals surface area (Å²) < 4.78 is 1.11. The lowest BCUT2D eigenvalue weighted by atomic mass is 10.0. The number of aliphatic hydroxyl groups excluding tert-OH is 1. The maximum absolute atomic E-state index is 8.99. The monoisotopic (exact) mass is 256 g/mol. The molecule has 1 aliphatic rings. The van der Waals surface area contributed by atoms with Gasteiger partial charge in [-0.05, 0) is 18.1 Å². The molecule has 0 radical (unpaired) electrons. The summed E-state index contributed by atoms with van der Waals surface area (Å²) in [6.45, 7) is 0.175. The van der Waals surface area contributed by atoms with E-state index in [1.54, 1.807) is 0 Å². The Morgan fingerprint density at radius 1 is 1.36 bits per heavy atom. The molecule has 1 heterocycles. The van der Waals surface area contributed by atoms with Crippen LogP contribution in [0.25, 0.3) is 0 Å². The van der Waals surface area contributed by atoms with Crippen LogP contribution in [0, 0.1) is 0 Å². The first-order chi connectivity index (χ1) is 6.81. The fourth-order valence-electron chi connectivity index (χ4n) is 1.70. The van der Waals surface area contributed by atoms with Gasteiger partial charge in [0.05, 0.1) is 6.61 Å². The second-order valence-corrected chi connectivity index (χ2v) is 4.33. The van der Waals surface area contributed by atoms with Crippen molar-refractivity contribution < 1.29 is 5.11 Å². The summed E-state index contributed by atoms with van der Waals surface area (Å²) in [6, 6.07) is 8.58. The van der Waals surface area contributed by atoms with Crippen molar-refractivity contribution in [3.05, 3.63) is 34.3 Å². The van der Waals surface area contributed by atoms with Gasteiger partial charge in [-0.3, -0.25) is 5.43 Å². The third-order valence-electron chi connectivity index (χ3n) is 2.48. The lowest BCUT2D eigenvalue weighted by Gasteiger charge is -2.11. The molecule has 4 heteroatoms. The molecule has 0 saturated carbocycles. The van der Waals surface area contributed by atoms with Crippen LogP contribution in [0.15, 0.2) is 28.7 Å². The zero-order valence-corrected chi connectivity index (χ0v) is 9.29. The molecule has 0 amide bonds. The highest BCUT2D eigenvalue weighted by atomic mass is 79.9. The molecule has 3 nitrogen and oxygen atoms in total. The van der Waals surface area contributed by atoms with Crippen molar-refractivity contribution in [2.75, 3.05) is 6.61 Å². The van der Waals surface area contributed by atoms with Gasteiger partial charge in [-0.15, -0.1) is 0 Å². The molecule has 1 saturated heterocycles. The van der Waals surface area contributed by atoms with E-state index >= 15 is 0 Å². The topological polar surface area (TPSA) is 44.3 Å². The number of halogens is 1. The fourth-order valence-corrected chi connectivity index (χ4v) is 2.26. The van der Waals surface area contributed by atoms with Gasteiger partial charge in [0.25, 0.3) is 0 Å². The maximum Gasteiger partial charge on any atom is 0.0598 e. The van der Waals surface area contributed by atoms with E-state index in [2.05, 4.69) is 32.8 Å². The summed E-state index contributed by atoms with van der Waals surface area (Å²) in [5, 5.41) is 8.99. The smallest absolute Gasteiger partial charge is 0.0598 e. The Morgan fingerprint density at radius 2 is 2.14 bits per heavy atom. The van der Waals surface area contributed by atoms with E-state index in [4.69, 9.17) is 5.11 Å². The zero-order chi connectivity index (χ0) is 9.97. The van der Waals surface area contributed by atoms with Gasteiger partial charge in [0.1, 0.15) is 0 Å². The molecule has 2 unspecified atom stereocenters. The molecule has 2 rings (SSSR count). The Kier molecular flexibility index (Phi) is 3.18. The van der Waals surface area contributed by atoms with E-state index in [0.29, 0.717) is 0 Å². The quantitative estimate of drug-likeness (QED) is 0.749. The van der Waals surface area contributed by atoms with Gasteiger partial charge >= 0.3 is 0 Å². The summed E-state index contributed by atoms with van der Waals surface area (Å²) in [6.07, 6.45) is 0.916. The standard InChI is InChI=1S/C10H13BrN2O/c11-9-4-2-1-3-8(9)10-5-7(6-14)12-13-10/h1-4,7,10,12-14H,5-6H2. The molecule has 0 aromatic heterocycles. The Labute approximate surface area is 91.6 Å². The summed E-state index contributed by atoms with van der Waals surface area (Å²) >= 11 is 3.52. The van der Waals surface area contributed by atoms with Crippen molar-refractivity contribution in [2.24, 2.45) is 0 Å². The SMILES string of the molecule is OCC1CC(c2ccccc2Br)NN1. The van der Waals surface area contributed by atoms with Gasteiger partial charge < -0.3 is 5.11 Å². The van der Waals surface area contributed by atoms with Crippen LogP contribution in [-0.4, -0.2) is 17.8 Å². The zero-order valence-electron chi connectivity index (χ0n) is 7.70.